The van der Waals surface area contributed by atoms with Gasteiger partial charge in [0.25, 0.3) is 5.91 Å². The zero-order valence-corrected chi connectivity index (χ0v) is 17.5. The lowest BCUT2D eigenvalue weighted by molar-refractivity contribution is -0.112. The van der Waals surface area contributed by atoms with Crippen LogP contribution in [0.2, 0.25) is 0 Å². The zero-order chi connectivity index (χ0) is 20.2. The predicted octanol–water partition coefficient (Wildman–Crippen LogP) is 3.89. The number of hydrogen-bond acceptors (Lipinski definition) is 8. The Balaban J connectivity index is 1.46. The molecule has 0 bridgehead atoms. The van der Waals surface area contributed by atoms with Gasteiger partial charge >= 0.3 is 0 Å². The predicted molar refractivity (Wildman–Crippen MR) is 114 cm³/mol. The molecule has 7 nitrogen and oxygen atoms in total. The number of thiazole rings is 1. The van der Waals surface area contributed by atoms with Crippen molar-refractivity contribution in [2.24, 2.45) is 0 Å². The van der Waals surface area contributed by atoms with Crippen LogP contribution in [0.25, 0.3) is 0 Å². The monoisotopic (exact) mass is 427 g/mol. The van der Waals surface area contributed by atoms with E-state index in [0.29, 0.717) is 31.7 Å². The molecule has 150 valence electrons. The number of amides is 1. The van der Waals surface area contributed by atoms with Gasteiger partial charge in [0.05, 0.1) is 10.4 Å². The number of nitrogens with one attached hydrogen (secondary N) is 1. The number of carbonyl (C=O) groups excluding carboxylic acids is 1. The third-order valence-electron chi connectivity index (χ3n) is 4.59. The van der Waals surface area contributed by atoms with Gasteiger partial charge in [-0.15, -0.1) is 0 Å². The maximum atomic E-state index is 12.9. The Morgan fingerprint density at radius 2 is 2.00 bits per heavy atom. The number of aromatic nitrogens is 2. The lowest BCUT2D eigenvalue weighted by atomic mass is 10.1. The van der Waals surface area contributed by atoms with E-state index >= 15 is 0 Å². The highest BCUT2D eigenvalue weighted by molar-refractivity contribution is 8.01. The average molecular weight is 428 g/mol. The van der Waals surface area contributed by atoms with Crippen LogP contribution in [0, 0.1) is 6.92 Å². The molecule has 2 aromatic heterocycles. The van der Waals surface area contributed by atoms with Crippen LogP contribution in [0.4, 0.5) is 10.9 Å². The van der Waals surface area contributed by atoms with Gasteiger partial charge < -0.3 is 15.4 Å². The van der Waals surface area contributed by atoms with E-state index in [9.17, 15) is 10.0 Å². The van der Waals surface area contributed by atoms with Crippen LogP contribution in [0.3, 0.4) is 0 Å². The second kappa shape index (κ2) is 8.91. The summed E-state index contributed by atoms with van der Waals surface area (Å²) in [5.74, 6) is 0.768. The molecule has 0 radical (unpaired) electrons. The smallest absolute Gasteiger partial charge is 0.254 e. The SMILES string of the molecule is Cc1ccc(Sc2cnc(Nc3ccccn3)s2)cc1C(=O)N1CCN(O)CC1. The van der Waals surface area contributed by atoms with Gasteiger partial charge in [-0.3, -0.25) is 4.79 Å². The zero-order valence-electron chi connectivity index (χ0n) is 15.9. The van der Waals surface area contributed by atoms with E-state index < -0.39 is 0 Å². The van der Waals surface area contributed by atoms with Crippen LogP contribution in [0.5, 0.6) is 0 Å². The van der Waals surface area contributed by atoms with Crippen molar-refractivity contribution in [3.05, 3.63) is 59.9 Å². The number of nitrogens with zero attached hydrogens (tertiary/aromatic N) is 4. The third-order valence-corrected chi connectivity index (χ3v) is 6.59. The van der Waals surface area contributed by atoms with Crippen molar-refractivity contribution >= 4 is 40.0 Å². The number of benzene rings is 1. The van der Waals surface area contributed by atoms with Crippen molar-refractivity contribution in [2.75, 3.05) is 31.5 Å². The molecule has 0 unspecified atom stereocenters. The summed E-state index contributed by atoms with van der Waals surface area (Å²) in [6.07, 6.45) is 3.55. The Kier molecular flexibility index (Phi) is 6.10. The van der Waals surface area contributed by atoms with E-state index in [2.05, 4.69) is 15.3 Å². The molecule has 1 aliphatic heterocycles. The van der Waals surface area contributed by atoms with Gasteiger partial charge in [0, 0.05) is 42.8 Å². The molecule has 29 heavy (non-hydrogen) atoms. The van der Waals surface area contributed by atoms with Gasteiger partial charge in [0.2, 0.25) is 0 Å². The second-order valence-corrected chi connectivity index (χ2v) is 9.05. The first-order chi connectivity index (χ1) is 14.1. The van der Waals surface area contributed by atoms with Gasteiger partial charge in [0.1, 0.15) is 5.82 Å². The van der Waals surface area contributed by atoms with Gasteiger partial charge in [-0.1, -0.05) is 35.2 Å². The molecule has 0 spiro atoms. The summed E-state index contributed by atoms with van der Waals surface area (Å²) in [5.41, 5.74) is 1.66. The van der Waals surface area contributed by atoms with E-state index in [1.54, 1.807) is 34.2 Å². The summed E-state index contributed by atoms with van der Waals surface area (Å²) >= 11 is 3.12. The molecular formula is C20H21N5O2S2. The number of anilines is 2. The van der Waals surface area contributed by atoms with Gasteiger partial charge in [-0.2, -0.15) is 5.06 Å². The molecule has 1 aromatic carbocycles. The Hall–Kier alpha value is -2.46. The first-order valence-corrected chi connectivity index (χ1v) is 10.9. The molecule has 1 saturated heterocycles. The van der Waals surface area contributed by atoms with E-state index in [1.165, 1.54) is 5.06 Å². The van der Waals surface area contributed by atoms with Crippen LogP contribution in [-0.4, -0.2) is 57.2 Å². The number of carbonyl (C=O) groups is 1. The summed E-state index contributed by atoms with van der Waals surface area (Å²) in [6.45, 7) is 3.97. The van der Waals surface area contributed by atoms with Crippen molar-refractivity contribution in [2.45, 2.75) is 16.0 Å². The minimum atomic E-state index is 0.0138. The minimum Gasteiger partial charge on any atom is -0.336 e. The summed E-state index contributed by atoms with van der Waals surface area (Å²) in [7, 11) is 0. The number of hydrogen-bond donors (Lipinski definition) is 2. The quantitative estimate of drug-likeness (QED) is 0.639. The summed E-state index contributed by atoms with van der Waals surface area (Å²) < 4.78 is 1.03. The number of rotatable bonds is 5. The topological polar surface area (TPSA) is 81.6 Å². The van der Waals surface area contributed by atoms with Crippen molar-refractivity contribution in [1.29, 1.82) is 0 Å². The first-order valence-electron chi connectivity index (χ1n) is 9.24. The summed E-state index contributed by atoms with van der Waals surface area (Å²) in [5, 5.41) is 14.7. The Morgan fingerprint density at radius 3 is 2.76 bits per heavy atom. The van der Waals surface area contributed by atoms with Crippen LogP contribution >= 0.6 is 23.1 Å². The Bertz CT molecular complexity index is 988. The molecule has 9 heteroatoms. The van der Waals surface area contributed by atoms with Crippen LogP contribution < -0.4 is 5.32 Å². The van der Waals surface area contributed by atoms with Crippen molar-refractivity contribution in [1.82, 2.24) is 19.9 Å². The molecule has 0 atom stereocenters. The van der Waals surface area contributed by atoms with E-state index in [0.717, 1.165) is 25.6 Å². The number of aryl methyl sites for hydroxylation is 1. The largest absolute Gasteiger partial charge is 0.336 e. The maximum absolute atomic E-state index is 12.9. The van der Waals surface area contributed by atoms with Crippen LogP contribution in [0.15, 0.2) is 57.9 Å². The molecule has 1 fully saturated rings. The van der Waals surface area contributed by atoms with E-state index in [4.69, 9.17) is 0 Å². The second-order valence-electron chi connectivity index (χ2n) is 6.65. The molecule has 4 rings (SSSR count). The first kappa shape index (κ1) is 19.8. The van der Waals surface area contributed by atoms with Crippen molar-refractivity contribution in [3.63, 3.8) is 0 Å². The summed E-state index contributed by atoms with van der Waals surface area (Å²) in [4.78, 5) is 24.4. The van der Waals surface area contributed by atoms with Crippen LogP contribution in [-0.2, 0) is 0 Å². The number of piperazine rings is 1. The number of hydroxylamine groups is 2. The molecule has 0 saturated carbocycles. The van der Waals surface area contributed by atoms with Crippen LogP contribution in [0.1, 0.15) is 15.9 Å². The fraction of sp³-hybridized carbons (Fsp3) is 0.250. The molecule has 3 heterocycles. The van der Waals surface area contributed by atoms with Gasteiger partial charge in [-0.05, 0) is 36.8 Å². The average Bonchev–Trinajstić information content (AvgIpc) is 3.17. The molecule has 2 N–H and O–H groups in total. The van der Waals surface area contributed by atoms with Crippen molar-refractivity contribution < 1.29 is 10.0 Å². The molecule has 1 aliphatic rings. The molecule has 0 aliphatic carbocycles. The lowest BCUT2D eigenvalue weighted by Crippen LogP contribution is -2.47. The third kappa shape index (κ3) is 4.94. The highest BCUT2D eigenvalue weighted by atomic mass is 32.2. The normalized spacial score (nSPS) is 14.8. The fourth-order valence-corrected chi connectivity index (χ4v) is 4.89. The lowest BCUT2D eigenvalue weighted by Gasteiger charge is -2.31. The maximum Gasteiger partial charge on any atom is 0.254 e. The Labute approximate surface area is 177 Å². The Morgan fingerprint density at radius 1 is 1.17 bits per heavy atom. The standard InChI is InChI=1S/C20H21N5O2S2/c1-14-5-6-15(12-16(14)19(26)24-8-10-25(27)11-9-24)28-18-13-22-20(29-18)23-17-4-2-3-7-21-17/h2-7,12-13,27H,8-11H2,1H3,(H,21,22,23). The fourth-order valence-electron chi connectivity index (χ4n) is 2.99. The van der Waals surface area contributed by atoms with Gasteiger partial charge in [0.15, 0.2) is 5.13 Å². The minimum absolute atomic E-state index is 0.0138. The van der Waals surface area contributed by atoms with Gasteiger partial charge in [-0.25, -0.2) is 9.97 Å². The molecule has 1 amide bonds. The highest BCUT2D eigenvalue weighted by Gasteiger charge is 2.22. The van der Waals surface area contributed by atoms with E-state index in [1.807, 2.05) is 49.5 Å². The molecular weight excluding hydrogens is 406 g/mol. The van der Waals surface area contributed by atoms with E-state index in [-0.39, 0.29) is 5.91 Å². The summed E-state index contributed by atoms with van der Waals surface area (Å²) in [6, 6.07) is 11.6. The number of pyridine rings is 1. The molecule has 3 aromatic rings. The van der Waals surface area contributed by atoms with Crippen molar-refractivity contribution in [3.8, 4) is 0 Å². The highest BCUT2D eigenvalue weighted by Crippen LogP contribution is 2.35.